The average Bonchev–Trinajstić information content (AvgIpc) is 2.33. The summed E-state index contributed by atoms with van der Waals surface area (Å²) in [5.74, 6) is 1.75. The van der Waals surface area contributed by atoms with Gasteiger partial charge in [-0.25, -0.2) is 0 Å². The van der Waals surface area contributed by atoms with E-state index in [2.05, 4.69) is 19.0 Å². The fraction of sp³-hybridized carbons (Fsp3) is 0.571. The molecule has 0 radical (unpaired) electrons. The largest absolute Gasteiger partial charge is 0.361 e. The average molecular weight is 160 g/mol. The molecule has 1 aromatic heterocycles. The standard InChI is InChI=1S/C7H10ClNO/c1-5(2)7-6(3-8)4-9-10-7/h4-5H,3H2,1-2H3. The van der Waals surface area contributed by atoms with Gasteiger partial charge in [0.15, 0.2) is 0 Å². The summed E-state index contributed by atoms with van der Waals surface area (Å²) in [6.07, 6.45) is 1.67. The van der Waals surface area contributed by atoms with E-state index in [1.807, 2.05) is 0 Å². The number of alkyl halides is 1. The molecule has 0 fully saturated rings. The van der Waals surface area contributed by atoms with Gasteiger partial charge >= 0.3 is 0 Å². The molecule has 3 heteroatoms. The van der Waals surface area contributed by atoms with Crippen LogP contribution in [0.4, 0.5) is 0 Å². The molecule has 0 N–H and O–H groups in total. The van der Waals surface area contributed by atoms with Crippen molar-refractivity contribution in [3.63, 3.8) is 0 Å². The molecule has 0 aliphatic heterocycles. The van der Waals surface area contributed by atoms with Gasteiger partial charge in [0, 0.05) is 11.5 Å². The van der Waals surface area contributed by atoms with E-state index in [0.29, 0.717) is 11.8 Å². The van der Waals surface area contributed by atoms with Gasteiger partial charge in [0.05, 0.1) is 12.1 Å². The summed E-state index contributed by atoms with van der Waals surface area (Å²) >= 11 is 5.62. The highest BCUT2D eigenvalue weighted by Gasteiger charge is 2.09. The zero-order valence-corrected chi connectivity index (χ0v) is 6.85. The molecule has 1 heterocycles. The molecule has 1 aromatic rings. The van der Waals surface area contributed by atoms with Crippen molar-refractivity contribution in [1.82, 2.24) is 5.16 Å². The second kappa shape index (κ2) is 3.06. The Morgan fingerprint density at radius 1 is 1.70 bits per heavy atom. The van der Waals surface area contributed by atoms with Gasteiger partial charge in [-0.2, -0.15) is 0 Å². The van der Waals surface area contributed by atoms with Crippen LogP contribution in [-0.2, 0) is 5.88 Å². The van der Waals surface area contributed by atoms with Gasteiger partial charge in [-0.15, -0.1) is 11.6 Å². The smallest absolute Gasteiger partial charge is 0.143 e. The molecule has 10 heavy (non-hydrogen) atoms. The zero-order valence-electron chi connectivity index (χ0n) is 6.10. The molecule has 0 aromatic carbocycles. The van der Waals surface area contributed by atoms with E-state index in [-0.39, 0.29) is 0 Å². The maximum atomic E-state index is 5.62. The molecule has 56 valence electrons. The Kier molecular flexibility index (Phi) is 2.33. The number of rotatable bonds is 2. The lowest BCUT2D eigenvalue weighted by Crippen LogP contribution is -1.87. The van der Waals surface area contributed by atoms with Crippen molar-refractivity contribution >= 4 is 11.6 Å². The van der Waals surface area contributed by atoms with Crippen molar-refractivity contribution in [1.29, 1.82) is 0 Å². The molecule has 2 nitrogen and oxygen atoms in total. The van der Waals surface area contributed by atoms with Crippen LogP contribution in [0, 0.1) is 0 Å². The first-order valence-corrected chi connectivity index (χ1v) is 3.78. The number of aromatic nitrogens is 1. The van der Waals surface area contributed by atoms with Gasteiger partial charge in [-0.1, -0.05) is 19.0 Å². The molecule has 1 rings (SSSR count). The minimum Gasteiger partial charge on any atom is -0.361 e. The topological polar surface area (TPSA) is 26.0 Å². The van der Waals surface area contributed by atoms with Gasteiger partial charge in [0.1, 0.15) is 5.76 Å². The molecule has 0 atom stereocenters. The second-order valence-electron chi connectivity index (χ2n) is 2.50. The summed E-state index contributed by atoms with van der Waals surface area (Å²) in [5.41, 5.74) is 0.997. The maximum absolute atomic E-state index is 5.62. The zero-order chi connectivity index (χ0) is 7.56. The predicted octanol–water partition coefficient (Wildman–Crippen LogP) is 2.54. The Morgan fingerprint density at radius 3 is 2.80 bits per heavy atom. The van der Waals surface area contributed by atoms with E-state index in [1.165, 1.54) is 0 Å². The van der Waals surface area contributed by atoms with Crippen LogP contribution in [0.15, 0.2) is 10.7 Å². The molecular formula is C7H10ClNO. The van der Waals surface area contributed by atoms with Gasteiger partial charge in [0.2, 0.25) is 0 Å². The quantitative estimate of drug-likeness (QED) is 0.620. The molecule has 0 saturated heterocycles. The third-order valence-electron chi connectivity index (χ3n) is 1.34. The van der Waals surface area contributed by atoms with Gasteiger partial charge < -0.3 is 4.52 Å². The highest BCUT2D eigenvalue weighted by molar-refractivity contribution is 6.17. The molecule has 0 aliphatic rings. The summed E-state index contributed by atoms with van der Waals surface area (Å²) in [6, 6.07) is 0. The van der Waals surface area contributed by atoms with Gasteiger partial charge in [-0.3, -0.25) is 0 Å². The molecule has 0 spiro atoms. The van der Waals surface area contributed by atoms with Crippen LogP contribution in [0.5, 0.6) is 0 Å². The first-order valence-electron chi connectivity index (χ1n) is 3.25. The molecule has 0 saturated carbocycles. The highest BCUT2D eigenvalue weighted by atomic mass is 35.5. The van der Waals surface area contributed by atoms with Crippen LogP contribution in [0.1, 0.15) is 31.1 Å². The molecule has 0 aliphatic carbocycles. The van der Waals surface area contributed by atoms with E-state index < -0.39 is 0 Å². The van der Waals surface area contributed by atoms with Crippen LogP contribution >= 0.6 is 11.6 Å². The van der Waals surface area contributed by atoms with Crippen molar-refractivity contribution < 1.29 is 4.52 Å². The normalized spacial score (nSPS) is 10.8. The van der Waals surface area contributed by atoms with Crippen molar-refractivity contribution in [3.8, 4) is 0 Å². The van der Waals surface area contributed by atoms with E-state index in [1.54, 1.807) is 6.20 Å². The van der Waals surface area contributed by atoms with Crippen LogP contribution in [0.3, 0.4) is 0 Å². The Morgan fingerprint density at radius 2 is 2.40 bits per heavy atom. The van der Waals surface area contributed by atoms with Crippen molar-refractivity contribution in [3.05, 3.63) is 17.5 Å². The van der Waals surface area contributed by atoms with Crippen LogP contribution in [-0.4, -0.2) is 5.16 Å². The second-order valence-corrected chi connectivity index (χ2v) is 2.77. The van der Waals surface area contributed by atoms with E-state index in [9.17, 15) is 0 Å². The third kappa shape index (κ3) is 1.32. The van der Waals surface area contributed by atoms with E-state index >= 15 is 0 Å². The summed E-state index contributed by atoms with van der Waals surface area (Å²) in [4.78, 5) is 0. The minimum atomic E-state index is 0.372. The van der Waals surface area contributed by atoms with Crippen molar-refractivity contribution in [2.75, 3.05) is 0 Å². The first kappa shape index (κ1) is 7.61. The summed E-state index contributed by atoms with van der Waals surface area (Å²) in [5, 5.41) is 3.65. The number of hydrogen-bond donors (Lipinski definition) is 0. The lowest BCUT2D eigenvalue weighted by Gasteiger charge is -1.98. The molecule has 0 amide bonds. The van der Waals surface area contributed by atoms with Crippen LogP contribution < -0.4 is 0 Å². The fourth-order valence-corrected chi connectivity index (χ4v) is 1.05. The Balaban J connectivity index is 2.90. The Bertz CT molecular complexity index is 207. The van der Waals surface area contributed by atoms with Crippen LogP contribution in [0.25, 0.3) is 0 Å². The molecule has 0 unspecified atom stereocenters. The van der Waals surface area contributed by atoms with Crippen molar-refractivity contribution in [2.24, 2.45) is 0 Å². The lowest BCUT2D eigenvalue weighted by molar-refractivity contribution is 0.370. The first-order chi connectivity index (χ1) is 4.75. The number of halogens is 1. The third-order valence-corrected chi connectivity index (χ3v) is 1.63. The monoisotopic (exact) mass is 159 g/mol. The fourth-order valence-electron chi connectivity index (χ4n) is 0.846. The maximum Gasteiger partial charge on any atom is 0.143 e. The Labute approximate surface area is 65.2 Å². The predicted molar refractivity (Wildman–Crippen MR) is 40.1 cm³/mol. The van der Waals surface area contributed by atoms with E-state index in [0.717, 1.165) is 11.3 Å². The van der Waals surface area contributed by atoms with Crippen molar-refractivity contribution in [2.45, 2.75) is 25.6 Å². The SMILES string of the molecule is CC(C)c1oncc1CCl. The lowest BCUT2D eigenvalue weighted by atomic mass is 10.1. The van der Waals surface area contributed by atoms with Crippen LogP contribution in [0.2, 0.25) is 0 Å². The van der Waals surface area contributed by atoms with E-state index in [4.69, 9.17) is 16.1 Å². The minimum absolute atomic E-state index is 0.372. The number of nitrogens with zero attached hydrogens (tertiary/aromatic N) is 1. The number of hydrogen-bond acceptors (Lipinski definition) is 2. The molecular weight excluding hydrogens is 150 g/mol. The van der Waals surface area contributed by atoms with Gasteiger partial charge in [0.25, 0.3) is 0 Å². The summed E-state index contributed by atoms with van der Waals surface area (Å²) in [7, 11) is 0. The highest BCUT2D eigenvalue weighted by Crippen LogP contribution is 2.19. The summed E-state index contributed by atoms with van der Waals surface area (Å²) in [6.45, 7) is 4.10. The van der Waals surface area contributed by atoms with Gasteiger partial charge in [-0.05, 0) is 0 Å². The Hall–Kier alpha value is -0.500. The summed E-state index contributed by atoms with van der Waals surface area (Å²) < 4.78 is 4.98. The molecule has 0 bridgehead atoms.